The number of guanidine groups is 1. The predicted octanol–water partition coefficient (Wildman–Crippen LogP) is 2.50. The third-order valence-corrected chi connectivity index (χ3v) is 7.20. The Labute approximate surface area is 189 Å². The second-order valence-electron chi connectivity index (χ2n) is 8.18. The molecule has 0 unspecified atom stereocenters. The first-order chi connectivity index (χ1) is 15.4. The standard InChI is InChI=1S/C23H21N7OS/c1-14-9-26-22(27-10-14)30-11-18-20(31)29(2)21(25)28-23(18,13-30)19-7-17(12-32-19)16-5-3-4-15(6-16)8-24/h3-7,9-10,12,18H,11,13H2,1-2H3,(H2,25,28)/t18-,23-/m0/s1. The number of anilines is 1. The van der Waals surface area contributed by atoms with Crippen LogP contribution in [0.1, 0.15) is 16.0 Å². The highest BCUT2D eigenvalue weighted by atomic mass is 32.1. The molecule has 1 amide bonds. The molecular weight excluding hydrogens is 422 g/mol. The molecule has 0 saturated carbocycles. The summed E-state index contributed by atoms with van der Waals surface area (Å²) in [5, 5.41) is 11.3. The summed E-state index contributed by atoms with van der Waals surface area (Å²) in [7, 11) is 1.66. The minimum absolute atomic E-state index is 0.0615. The molecule has 1 aromatic carbocycles. The average molecular weight is 444 g/mol. The molecule has 0 bridgehead atoms. The average Bonchev–Trinajstić information content (AvgIpc) is 3.45. The number of benzene rings is 1. The molecule has 160 valence electrons. The number of thiophene rings is 1. The van der Waals surface area contributed by atoms with Gasteiger partial charge in [-0.3, -0.25) is 9.69 Å². The Morgan fingerprint density at radius 1 is 1.25 bits per heavy atom. The van der Waals surface area contributed by atoms with Crippen molar-refractivity contribution in [2.24, 2.45) is 16.6 Å². The Bertz CT molecular complexity index is 1280. The molecule has 2 atom stereocenters. The van der Waals surface area contributed by atoms with Crippen LogP contribution in [0.2, 0.25) is 0 Å². The third kappa shape index (κ3) is 3.11. The number of amides is 1. The molecule has 0 aliphatic carbocycles. The van der Waals surface area contributed by atoms with Gasteiger partial charge in [-0.25, -0.2) is 15.0 Å². The Kier molecular flexibility index (Phi) is 4.68. The molecule has 2 aromatic heterocycles. The quantitative estimate of drug-likeness (QED) is 0.666. The van der Waals surface area contributed by atoms with E-state index in [1.807, 2.05) is 35.4 Å². The highest BCUT2D eigenvalue weighted by Crippen LogP contribution is 2.47. The number of aliphatic imine (C=N–C) groups is 1. The van der Waals surface area contributed by atoms with E-state index in [0.717, 1.165) is 21.6 Å². The molecule has 0 radical (unpaired) electrons. The first-order valence-corrected chi connectivity index (χ1v) is 11.1. The second kappa shape index (κ2) is 7.43. The van der Waals surface area contributed by atoms with Crippen molar-refractivity contribution in [3.8, 4) is 17.2 Å². The van der Waals surface area contributed by atoms with Crippen molar-refractivity contribution in [3.05, 3.63) is 64.1 Å². The molecule has 5 rings (SSSR count). The smallest absolute Gasteiger partial charge is 0.236 e. The lowest BCUT2D eigenvalue weighted by Gasteiger charge is -2.36. The molecule has 2 aliphatic rings. The highest BCUT2D eigenvalue weighted by Gasteiger charge is 2.56. The number of nitriles is 1. The number of nitrogens with two attached hydrogens (primary N) is 1. The van der Waals surface area contributed by atoms with E-state index >= 15 is 0 Å². The summed E-state index contributed by atoms with van der Waals surface area (Å²) in [6.07, 6.45) is 3.54. The van der Waals surface area contributed by atoms with E-state index in [0.29, 0.717) is 24.6 Å². The van der Waals surface area contributed by atoms with Gasteiger partial charge in [-0.1, -0.05) is 12.1 Å². The van der Waals surface area contributed by atoms with Crippen molar-refractivity contribution in [1.29, 1.82) is 5.26 Å². The Morgan fingerprint density at radius 3 is 2.78 bits per heavy atom. The molecule has 4 heterocycles. The number of aryl methyl sites for hydroxylation is 1. The van der Waals surface area contributed by atoms with Gasteiger partial charge >= 0.3 is 0 Å². The van der Waals surface area contributed by atoms with Crippen LogP contribution in [-0.4, -0.2) is 46.9 Å². The lowest BCUT2D eigenvalue weighted by Crippen LogP contribution is -2.54. The van der Waals surface area contributed by atoms with Gasteiger partial charge in [-0.05, 0) is 47.2 Å². The summed E-state index contributed by atoms with van der Waals surface area (Å²) in [5.74, 6) is 0.321. The SMILES string of the molecule is Cc1cnc(N2C[C@H]3C(=O)N(C)C(N)=N[C@@]3(c3cc(-c4cccc(C#N)c4)cs3)C2)nc1. The molecule has 32 heavy (non-hydrogen) atoms. The zero-order valence-electron chi connectivity index (χ0n) is 17.7. The molecular formula is C23H21N7OS. The van der Waals surface area contributed by atoms with E-state index in [1.54, 1.807) is 36.8 Å². The van der Waals surface area contributed by atoms with Crippen LogP contribution >= 0.6 is 11.3 Å². The first kappa shape index (κ1) is 20.2. The number of hydrogen-bond donors (Lipinski definition) is 1. The summed E-state index contributed by atoms with van der Waals surface area (Å²) < 4.78 is 0. The summed E-state index contributed by atoms with van der Waals surface area (Å²) >= 11 is 1.55. The topological polar surface area (TPSA) is 112 Å². The maximum absolute atomic E-state index is 13.3. The van der Waals surface area contributed by atoms with Crippen molar-refractivity contribution >= 4 is 29.2 Å². The second-order valence-corrected chi connectivity index (χ2v) is 9.09. The summed E-state index contributed by atoms with van der Waals surface area (Å²) in [4.78, 5) is 31.4. The number of carbonyl (C=O) groups excluding carboxylic acids is 1. The van der Waals surface area contributed by atoms with Gasteiger partial charge in [0, 0.05) is 30.9 Å². The van der Waals surface area contributed by atoms with Crippen molar-refractivity contribution in [3.63, 3.8) is 0 Å². The van der Waals surface area contributed by atoms with Crippen molar-refractivity contribution in [1.82, 2.24) is 14.9 Å². The van der Waals surface area contributed by atoms with Crippen LogP contribution < -0.4 is 10.6 Å². The Balaban J connectivity index is 1.59. The number of fused-ring (bicyclic) bond motifs is 1. The van der Waals surface area contributed by atoms with Crippen molar-refractivity contribution in [2.75, 3.05) is 25.0 Å². The normalized spacial score (nSPS) is 22.5. The number of aromatic nitrogens is 2. The van der Waals surface area contributed by atoms with Crippen LogP contribution in [0.4, 0.5) is 5.95 Å². The molecule has 2 aliphatic heterocycles. The largest absolute Gasteiger partial charge is 0.369 e. The van der Waals surface area contributed by atoms with Crippen LogP contribution in [0, 0.1) is 24.2 Å². The van der Waals surface area contributed by atoms with E-state index in [2.05, 4.69) is 22.1 Å². The van der Waals surface area contributed by atoms with E-state index in [9.17, 15) is 10.1 Å². The molecule has 2 N–H and O–H groups in total. The lowest BCUT2D eigenvalue weighted by molar-refractivity contribution is -0.132. The fourth-order valence-electron chi connectivity index (χ4n) is 4.35. The van der Waals surface area contributed by atoms with E-state index in [1.165, 1.54) is 4.90 Å². The molecule has 1 fully saturated rings. The van der Waals surface area contributed by atoms with E-state index in [-0.39, 0.29) is 11.9 Å². The number of rotatable bonds is 3. The predicted molar refractivity (Wildman–Crippen MR) is 123 cm³/mol. The summed E-state index contributed by atoms with van der Waals surface area (Å²) in [6, 6.07) is 11.7. The van der Waals surface area contributed by atoms with Gasteiger partial charge in [0.05, 0.1) is 24.1 Å². The van der Waals surface area contributed by atoms with Gasteiger partial charge in [0.1, 0.15) is 5.54 Å². The van der Waals surface area contributed by atoms with Crippen molar-refractivity contribution in [2.45, 2.75) is 12.5 Å². The van der Waals surface area contributed by atoms with Gasteiger partial charge < -0.3 is 10.6 Å². The van der Waals surface area contributed by atoms with Crippen LogP contribution in [0.15, 0.2) is 53.1 Å². The van der Waals surface area contributed by atoms with E-state index < -0.39 is 11.5 Å². The first-order valence-electron chi connectivity index (χ1n) is 10.2. The lowest BCUT2D eigenvalue weighted by atomic mass is 9.83. The van der Waals surface area contributed by atoms with Gasteiger partial charge in [0.15, 0.2) is 5.96 Å². The van der Waals surface area contributed by atoms with Gasteiger partial charge in [-0.2, -0.15) is 5.26 Å². The Hall–Kier alpha value is -3.77. The van der Waals surface area contributed by atoms with Gasteiger partial charge in [-0.15, -0.1) is 11.3 Å². The number of nitrogens with zero attached hydrogens (tertiary/aromatic N) is 6. The number of hydrogen-bond acceptors (Lipinski definition) is 8. The summed E-state index contributed by atoms with van der Waals surface area (Å²) in [6.45, 7) is 2.85. The third-order valence-electron chi connectivity index (χ3n) is 6.10. The fraction of sp³-hybridized carbons (Fsp3) is 0.261. The van der Waals surface area contributed by atoms with Crippen LogP contribution in [0.5, 0.6) is 0 Å². The maximum Gasteiger partial charge on any atom is 0.236 e. The van der Waals surface area contributed by atoms with Gasteiger partial charge in [0.25, 0.3) is 0 Å². The van der Waals surface area contributed by atoms with Gasteiger partial charge in [0.2, 0.25) is 11.9 Å². The molecule has 9 heteroatoms. The Morgan fingerprint density at radius 2 is 2.03 bits per heavy atom. The number of carbonyl (C=O) groups is 1. The zero-order valence-corrected chi connectivity index (χ0v) is 18.5. The van der Waals surface area contributed by atoms with E-state index in [4.69, 9.17) is 10.7 Å². The fourth-order valence-corrected chi connectivity index (χ4v) is 5.46. The minimum Gasteiger partial charge on any atom is -0.369 e. The van der Waals surface area contributed by atoms with Crippen LogP contribution in [-0.2, 0) is 10.3 Å². The molecule has 0 spiro atoms. The van der Waals surface area contributed by atoms with Crippen molar-refractivity contribution < 1.29 is 4.79 Å². The molecule has 8 nitrogen and oxygen atoms in total. The summed E-state index contributed by atoms with van der Waals surface area (Å²) in [5.41, 5.74) is 8.89. The van der Waals surface area contributed by atoms with Crippen LogP contribution in [0.25, 0.3) is 11.1 Å². The van der Waals surface area contributed by atoms with Crippen LogP contribution in [0.3, 0.4) is 0 Å². The maximum atomic E-state index is 13.3. The molecule has 3 aromatic rings. The monoisotopic (exact) mass is 443 g/mol. The molecule has 1 saturated heterocycles. The highest BCUT2D eigenvalue weighted by molar-refractivity contribution is 7.10. The minimum atomic E-state index is -0.808. The zero-order chi connectivity index (χ0) is 22.5.